The maximum Gasteiger partial charge on any atom is 0.127 e. The number of nitrogens with two attached hydrogens (primary N) is 1. The van der Waals surface area contributed by atoms with Crippen molar-refractivity contribution >= 4 is 17.4 Å². The van der Waals surface area contributed by atoms with Gasteiger partial charge in [-0.3, -0.25) is 0 Å². The molecule has 3 nitrogen and oxygen atoms in total. The van der Waals surface area contributed by atoms with Crippen molar-refractivity contribution in [2.75, 3.05) is 5.73 Å². The van der Waals surface area contributed by atoms with Gasteiger partial charge in [0, 0.05) is 17.5 Å². The molecule has 0 unspecified atom stereocenters. The van der Waals surface area contributed by atoms with Crippen LogP contribution < -0.4 is 5.73 Å². The lowest BCUT2D eigenvalue weighted by atomic mass is 10.1. The SMILES string of the molecule is Cc1nc(N)cc(Cc2ccc(Cl)cc2)n1. The van der Waals surface area contributed by atoms with Crippen molar-refractivity contribution < 1.29 is 0 Å². The third kappa shape index (κ3) is 2.70. The highest BCUT2D eigenvalue weighted by Gasteiger charge is 2.01. The molecule has 0 aliphatic heterocycles. The second-order valence-corrected chi connectivity index (χ2v) is 4.07. The Bertz CT molecular complexity index is 474. The van der Waals surface area contributed by atoms with E-state index in [1.807, 2.05) is 31.2 Å². The maximum atomic E-state index is 5.82. The van der Waals surface area contributed by atoms with E-state index in [0.717, 1.165) is 22.7 Å². The van der Waals surface area contributed by atoms with Crippen LogP contribution in [0.15, 0.2) is 30.3 Å². The van der Waals surface area contributed by atoms with Crippen LogP contribution in [-0.4, -0.2) is 9.97 Å². The van der Waals surface area contributed by atoms with Gasteiger partial charge in [-0.2, -0.15) is 0 Å². The fourth-order valence-corrected chi connectivity index (χ4v) is 1.68. The molecular weight excluding hydrogens is 222 g/mol. The van der Waals surface area contributed by atoms with Gasteiger partial charge in [-0.1, -0.05) is 23.7 Å². The average Bonchev–Trinajstić information content (AvgIpc) is 2.20. The Hall–Kier alpha value is -1.61. The highest BCUT2D eigenvalue weighted by molar-refractivity contribution is 6.30. The molecule has 4 heteroatoms. The third-order valence-electron chi connectivity index (χ3n) is 2.21. The summed E-state index contributed by atoms with van der Waals surface area (Å²) in [7, 11) is 0. The Labute approximate surface area is 99.3 Å². The molecule has 0 bridgehead atoms. The highest BCUT2D eigenvalue weighted by Crippen LogP contribution is 2.13. The summed E-state index contributed by atoms with van der Waals surface area (Å²) < 4.78 is 0. The zero-order valence-electron chi connectivity index (χ0n) is 8.94. The highest BCUT2D eigenvalue weighted by atomic mass is 35.5. The van der Waals surface area contributed by atoms with E-state index in [9.17, 15) is 0 Å². The molecule has 0 amide bonds. The zero-order chi connectivity index (χ0) is 11.5. The number of nitrogen functional groups attached to an aromatic ring is 1. The van der Waals surface area contributed by atoms with Crippen molar-refractivity contribution in [3.8, 4) is 0 Å². The number of anilines is 1. The number of aromatic nitrogens is 2. The van der Waals surface area contributed by atoms with Gasteiger partial charge >= 0.3 is 0 Å². The lowest BCUT2D eigenvalue weighted by molar-refractivity contribution is 0.974. The second kappa shape index (κ2) is 4.49. The number of hydrogen-bond donors (Lipinski definition) is 1. The molecule has 2 aromatic rings. The van der Waals surface area contributed by atoms with Crippen molar-refractivity contribution in [3.05, 3.63) is 52.4 Å². The summed E-state index contributed by atoms with van der Waals surface area (Å²) in [6, 6.07) is 9.50. The van der Waals surface area contributed by atoms with E-state index >= 15 is 0 Å². The molecule has 0 radical (unpaired) electrons. The third-order valence-corrected chi connectivity index (χ3v) is 2.46. The van der Waals surface area contributed by atoms with E-state index in [2.05, 4.69) is 9.97 Å². The maximum absolute atomic E-state index is 5.82. The van der Waals surface area contributed by atoms with Crippen molar-refractivity contribution in [1.82, 2.24) is 9.97 Å². The Morgan fingerprint density at radius 1 is 1.19 bits per heavy atom. The van der Waals surface area contributed by atoms with E-state index in [1.165, 1.54) is 0 Å². The summed E-state index contributed by atoms with van der Waals surface area (Å²) in [5, 5.41) is 0.738. The van der Waals surface area contributed by atoms with Gasteiger partial charge in [0.25, 0.3) is 0 Å². The molecule has 1 heterocycles. The van der Waals surface area contributed by atoms with Gasteiger partial charge in [-0.25, -0.2) is 9.97 Å². The molecule has 0 saturated heterocycles. The molecule has 0 aliphatic rings. The van der Waals surface area contributed by atoms with Crippen molar-refractivity contribution in [2.24, 2.45) is 0 Å². The Morgan fingerprint density at radius 2 is 1.88 bits per heavy atom. The lowest BCUT2D eigenvalue weighted by Gasteiger charge is -2.03. The van der Waals surface area contributed by atoms with E-state index in [0.29, 0.717) is 11.6 Å². The average molecular weight is 234 g/mol. The fraction of sp³-hybridized carbons (Fsp3) is 0.167. The molecule has 2 rings (SSSR count). The van der Waals surface area contributed by atoms with Crippen LogP contribution in [0.5, 0.6) is 0 Å². The minimum Gasteiger partial charge on any atom is -0.384 e. The van der Waals surface area contributed by atoms with Crippen LogP contribution in [0.4, 0.5) is 5.82 Å². The summed E-state index contributed by atoms with van der Waals surface area (Å²) in [5.41, 5.74) is 7.74. The van der Waals surface area contributed by atoms with Crippen molar-refractivity contribution in [2.45, 2.75) is 13.3 Å². The number of halogens is 1. The van der Waals surface area contributed by atoms with Crippen molar-refractivity contribution in [3.63, 3.8) is 0 Å². The normalized spacial score (nSPS) is 10.4. The number of nitrogens with zero attached hydrogens (tertiary/aromatic N) is 2. The first-order valence-electron chi connectivity index (χ1n) is 4.98. The monoisotopic (exact) mass is 233 g/mol. The molecule has 82 valence electrons. The minimum atomic E-state index is 0.511. The van der Waals surface area contributed by atoms with Gasteiger partial charge in [-0.15, -0.1) is 0 Å². The molecule has 0 spiro atoms. The van der Waals surface area contributed by atoms with Crippen molar-refractivity contribution in [1.29, 1.82) is 0 Å². The summed E-state index contributed by atoms with van der Waals surface area (Å²) in [4.78, 5) is 8.36. The largest absolute Gasteiger partial charge is 0.384 e. The van der Waals surface area contributed by atoms with E-state index in [-0.39, 0.29) is 0 Å². The topological polar surface area (TPSA) is 51.8 Å². The molecule has 0 fully saturated rings. The lowest BCUT2D eigenvalue weighted by Crippen LogP contribution is -2.00. The number of rotatable bonds is 2. The molecule has 0 aliphatic carbocycles. The zero-order valence-corrected chi connectivity index (χ0v) is 9.70. The summed E-state index contributed by atoms with van der Waals surface area (Å²) >= 11 is 5.82. The number of hydrogen-bond acceptors (Lipinski definition) is 3. The van der Waals surface area contributed by atoms with Crippen LogP contribution in [0, 0.1) is 6.92 Å². The number of benzene rings is 1. The summed E-state index contributed by atoms with van der Waals surface area (Å²) in [5.74, 6) is 1.21. The van der Waals surface area contributed by atoms with E-state index in [4.69, 9.17) is 17.3 Å². The molecule has 1 aromatic carbocycles. The summed E-state index contributed by atoms with van der Waals surface area (Å²) in [6.45, 7) is 1.84. The van der Waals surface area contributed by atoms with Crippen LogP contribution >= 0.6 is 11.6 Å². The van der Waals surface area contributed by atoms with Crippen LogP contribution in [0.25, 0.3) is 0 Å². The fourth-order valence-electron chi connectivity index (χ4n) is 1.56. The quantitative estimate of drug-likeness (QED) is 0.868. The predicted molar refractivity (Wildman–Crippen MR) is 65.4 cm³/mol. The Morgan fingerprint density at radius 3 is 2.50 bits per heavy atom. The summed E-state index contributed by atoms with van der Waals surface area (Å²) in [6.07, 6.45) is 0.741. The minimum absolute atomic E-state index is 0.511. The first-order valence-corrected chi connectivity index (χ1v) is 5.36. The van der Waals surface area contributed by atoms with E-state index < -0.39 is 0 Å². The van der Waals surface area contributed by atoms with Crippen LogP contribution in [-0.2, 0) is 6.42 Å². The van der Waals surface area contributed by atoms with Gasteiger partial charge in [-0.05, 0) is 24.6 Å². The van der Waals surface area contributed by atoms with Gasteiger partial charge in [0.05, 0.1) is 5.69 Å². The molecule has 16 heavy (non-hydrogen) atoms. The molecule has 1 aromatic heterocycles. The number of aryl methyl sites for hydroxylation is 1. The van der Waals surface area contributed by atoms with Gasteiger partial charge in [0.1, 0.15) is 11.6 Å². The standard InChI is InChI=1S/C12H12ClN3/c1-8-15-11(7-12(14)16-8)6-9-2-4-10(13)5-3-9/h2-5,7H,6H2,1H3,(H2,14,15,16). The molecule has 0 saturated carbocycles. The second-order valence-electron chi connectivity index (χ2n) is 3.63. The first kappa shape index (κ1) is 10.9. The smallest absolute Gasteiger partial charge is 0.127 e. The molecule has 0 atom stereocenters. The van der Waals surface area contributed by atoms with Crippen LogP contribution in [0.2, 0.25) is 5.02 Å². The first-order chi connectivity index (χ1) is 7.63. The molecule has 2 N–H and O–H groups in total. The Balaban J connectivity index is 2.23. The van der Waals surface area contributed by atoms with Crippen LogP contribution in [0.1, 0.15) is 17.1 Å². The van der Waals surface area contributed by atoms with E-state index in [1.54, 1.807) is 6.07 Å². The van der Waals surface area contributed by atoms with Crippen LogP contribution in [0.3, 0.4) is 0 Å². The Kier molecular flexibility index (Phi) is 3.06. The molecular formula is C12H12ClN3. The van der Waals surface area contributed by atoms with Gasteiger partial charge < -0.3 is 5.73 Å². The van der Waals surface area contributed by atoms with Gasteiger partial charge in [0.15, 0.2) is 0 Å². The predicted octanol–water partition coefficient (Wildman–Crippen LogP) is 2.61. The van der Waals surface area contributed by atoms with Gasteiger partial charge in [0.2, 0.25) is 0 Å².